The Kier molecular flexibility index (Phi) is 3.87. The second-order valence-electron chi connectivity index (χ2n) is 7.56. The van der Waals surface area contributed by atoms with Gasteiger partial charge in [-0.2, -0.15) is 0 Å². The summed E-state index contributed by atoms with van der Waals surface area (Å²) < 4.78 is 0. The van der Waals surface area contributed by atoms with Crippen molar-refractivity contribution in [2.75, 3.05) is 6.54 Å². The minimum atomic E-state index is -0.570. The number of imide groups is 1. The van der Waals surface area contributed by atoms with Crippen LogP contribution in [0.25, 0.3) is 0 Å². The highest BCUT2D eigenvalue weighted by Crippen LogP contribution is 2.61. The van der Waals surface area contributed by atoms with Crippen LogP contribution >= 0.6 is 0 Å². The molecule has 1 saturated heterocycles. The van der Waals surface area contributed by atoms with Crippen molar-refractivity contribution in [3.05, 3.63) is 0 Å². The van der Waals surface area contributed by atoms with Crippen LogP contribution in [-0.2, 0) is 9.59 Å². The second kappa shape index (κ2) is 5.56. The van der Waals surface area contributed by atoms with Crippen LogP contribution in [0.1, 0.15) is 46.0 Å². The van der Waals surface area contributed by atoms with Crippen LogP contribution in [0.3, 0.4) is 0 Å². The van der Waals surface area contributed by atoms with Crippen molar-refractivity contribution in [2.45, 2.75) is 52.0 Å². The molecule has 0 radical (unpaired) electrons. The molecule has 6 heteroatoms. The van der Waals surface area contributed by atoms with E-state index < -0.39 is 12.1 Å². The zero-order valence-electron chi connectivity index (χ0n) is 13.3. The van der Waals surface area contributed by atoms with Gasteiger partial charge in [-0.15, -0.1) is 0 Å². The molecule has 3 aliphatic carbocycles. The highest BCUT2D eigenvalue weighted by molar-refractivity contribution is 6.04. The van der Waals surface area contributed by atoms with Crippen molar-refractivity contribution in [3.8, 4) is 0 Å². The van der Waals surface area contributed by atoms with Gasteiger partial charge in [0, 0.05) is 13.0 Å². The standard InChI is InChI=1S/C16H25N3O3/c1-16(2)10-4-3-9(11(16)7-10)8-17-13(20)6-5-12-14(21)19-15(22)18-12/h9-12H,3-8H2,1-2H3,(H,17,20)(H2,18,19,21,22)/t9-,10-,11-,12+/m1/s1. The monoisotopic (exact) mass is 307 g/mol. The molecule has 4 rings (SSSR count). The number of hydrogen-bond donors (Lipinski definition) is 3. The van der Waals surface area contributed by atoms with Crippen LogP contribution in [-0.4, -0.2) is 30.4 Å². The van der Waals surface area contributed by atoms with Crippen LogP contribution in [0.5, 0.6) is 0 Å². The zero-order chi connectivity index (χ0) is 15.9. The van der Waals surface area contributed by atoms with E-state index in [1.807, 2.05) is 0 Å². The van der Waals surface area contributed by atoms with E-state index in [9.17, 15) is 14.4 Å². The van der Waals surface area contributed by atoms with Gasteiger partial charge in [-0.05, 0) is 48.9 Å². The smallest absolute Gasteiger partial charge is 0.322 e. The summed E-state index contributed by atoms with van der Waals surface area (Å²) >= 11 is 0. The van der Waals surface area contributed by atoms with Gasteiger partial charge in [0.05, 0.1) is 0 Å². The fraction of sp³-hybridized carbons (Fsp3) is 0.812. The molecule has 4 fully saturated rings. The largest absolute Gasteiger partial charge is 0.356 e. The maximum Gasteiger partial charge on any atom is 0.322 e. The molecule has 0 aromatic carbocycles. The lowest BCUT2D eigenvalue weighted by atomic mass is 9.45. The Hall–Kier alpha value is -1.59. The van der Waals surface area contributed by atoms with Crippen molar-refractivity contribution in [1.29, 1.82) is 0 Å². The predicted octanol–water partition coefficient (Wildman–Crippen LogP) is 1.16. The minimum absolute atomic E-state index is 0.0341. The van der Waals surface area contributed by atoms with Gasteiger partial charge < -0.3 is 10.6 Å². The number of amides is 4. The first-order valence-electron chi connectivity index (χ1n) is 8.26. The molecule has 6 nitrogen and oxygen atoms in total. The van der Waals surface area contributed by atoms with Crippen molar-refractivity contribution in [1.82, 2.24) is 16.0 Å². The molecule has 3 saturated carbocycles. The Balaban J connectivity index is 1.39. The van der Waals surface area contributed by atoms with E-state index >= 15 is 0 Å². The molecule has 0 aromatic heterocycles. The summed E-state index contributed by atoms with van der Waals surface area (Å²) in [7, 11) is 0. The third kappa shape index (κ3) is 2.71. The number of fused-ring (bicyclic) bond motifs is 2. The Bertz CT molecular complexity index is 501. The van der Waals surface area contributed by atoms with E-state index in [-0.39, 0.29) is 18.2 Å². The molecule has 0 spiro atoms. The third-order valence-electron chi connectivity index (χ3n) is 6.08. The maximum atomic E-state index is 12.0. The van der Waals surface area contributed by atoms with Crippen LogP contribution in [0.2, 0.25) is 0 Å². The highest BCUT2D eigenvalue weighted by Gasteiger charge is 2.53. The molecule has 22 heavy (non-hydrogen) atoms. The Labute approximate surface area is 130 Å². The lowest BCUT2D eigenvalue weighted by molar-refractivity contribution is -0.125. The number of nitrogens with one attached hydrogen (secondary N) is 3. The highest BCUT2D eigenvalue weighted by atomic mass is 16.2. The molecule has 1 heterocycles. The topological polar surface area (TPSA) is 87.3 Å². The van der Waals surface area contributed by atoms with Crippen molar-refractivity contribution in [3.63, 3.8) is 0 Å². The molecule has 1 aliphatic heterocycles. The molecule has 0 aromatic rings. The minimum Gasteiger partial charge on any atom is -0.356 e. The lowest BCUT2D eigenvalue weighted by Crippen LogP contribution is -2.54. The first-order valence-corrected chi connectivity index (χ1v) is 8.26. The molecule has 2 bridgehead atoms. The number of carbonyl (C=O) groups excluding carboxylic acids is 3. The lowest BCUT2D eigenvalue weighted by Gasteiger charge is -2.60. The molecule has 122 valence electrons. The van der Waals surface area contributed by atoms with Gasteiger partial charge in [0.25, 0.3) is 5.91 Å². The Morgan fingerprint density at radius 1 is 1.32 bits per heavy atom. The molecule has 0 unspecified atom stereocenters. The van der Waals surface area contributed by atoms with E-state index in [0.717, 1.165) is 18.4 Å². The van der Waals surface area contributed by atoms with Gasteiger partial charge in [0.15, 0.2) is 0 Å². The van der Waals surface area contributed by atoms with Crippen LogP contribution in [0.15, 0.2) is 0 Å². The second-order valence-corrected chi connectivity index (χ2v) is 7.56. The normalized spacial score (nSPS) is 35.4. The van der Waals surface area contributed by atoms with Crippen LogP contribution in [0, 0.1) is 23.2 Å². The summed E-state index contributed by atoms with van der Waals surface area (Å²) in [5, 5.41) is 7.69. The fourth-order valence-electron chi connectivity index (χ4n) is 4.48. The van der Waals surface area contributed by atoms with E-state index in [1.54, 1.807) is 0 Å². The van der Waals surface area contributed by atoms with Gasteiger partial charge in [-0.25, -0.2) is 4.79 Å². The number of rotatable bonds is 5. The number of hydrogen-bond acceptors (Lipinski definition) is 3. The van der Waals surface area contributed by atoms with Crippen LogP contribution in [0.4, 0.5) is 4.79 Å². The molecular formula is C16H25N3O3. The Morgan fingerprint density at radius 3 is 2.68 bits per heavy atom. The summed E-state index contributed by atoms with van der Waals surface area (Å²) in [6.07, 6.45) is 4.41. The molecular weight excluding hydrogens is 282 g/mol. The number of urea groups is 1. The zero-order valence-corrected chi connectivity index (χ0v) is 13.3. The van der Waals surface area contributed by atoms with Crippen molar-refractivity contribution in [2.24, 2.45) is 23.2 Å². The summed E-state index contributed by atoms with van der Waals surface area (Å²) in [6.45, 7) is 5.44. The van der Waals surface area contributed by atoms with E-state index in [4.69, 9.17) is 0 Å². The van der Waals surface area contributed by atoms with E-state index in [0.29, 0.717) is 17.8 Å². The average molecular weight is 307 g/mol. The summed E-state index contributed by atoms with van der Waals surface area (Å²) in [4.78, 5) is 34.4. The van der Waals surface area contributed by atoms with Crippen molar-refractivity contribution >= 4 is 17.8 Å². The van der Waals surface area contributed by atoms with E-state index in [1.165, 1.54) is 19.3 Å². The summed E-state index contributed by atoms with van der Waals surface area (Å²) in [5.41, 5.74) is 0.430. The molecule has 4 amide bonds. The average Bonchev–Trinajstić information content (AvgIpc) is 2.80. The van der Waals surface area contributed by atoms with Gasteiger partial charge in [-0.1, -0.05) is 13.8 Å². The van der Waals surface area contributed by atoms with Gasteiger partial charge in [0.2, 0.25) is 5.91 Å². The quantitative estimate of drug-likeness (QED) is 0.666. The summed E-state index contributed by atoms with van der Waals surface area (Å²) in [6, 6.07) is -1.04. The number of carbonyl (C=O) groups is 3. The Morgan fingerprint density at radius 2 is 2.09 bits per heavy atom. The SMILES string of the molecule is CC1(C)[C@@H]2CC[C@H](CNC(=O)CC[C@@H]3NC(=O)NC3=O)[C@H]1C2. The fourth-order valence-corrected chi connectivity index (χ4v) is 4.48. The first kappa shape index (κ1) is 15.3. The third-order valence-corrected chi connectivity index (χ3v) is 6.08. The molecule has 4 aliphatic rings. The predicted molar refractivity (Wildman–Crippen MR) is 80.8 cm³/mol. The van der Waals surface area contributed by atoms with Gasteiger partial charge >= 0.3 is 6.03 Å². The van der Waals surface area contributed by atoms with Crippen LogP contribution < -0.4 is 16.0 Å². The molecule has 3 N–H and O–H groups in total. The van der Waals surface area contributed by atoms with Crippen molar-refractivity contribution < 1.29 is 14.4 Å². The first-order chi connectivity index (χ1) is 10.4. The summed E-state index contributed by atoms with van der Waals surface area (Å²) in [5.74, 6) is 1.80. The van der Waals surface area contributed by atoms with Gasteiger partial charge in [-0.3, -0.25) is 14.9 Å². The van der Waals surface area contributed by atoms with Gasteiger partial charge in [0.1, 0.15) is 6.04 Å². The maximum absolute atomic E-state index is 12.0. The van der Waals surface area contributed by atoms with E-state index in [2.05, 4.69) is 29.8 Å². The molecule has 4 atom stereocenters.